The first-order chi connectivity index (χ1) is 13.9. The van der Waals surface area contributed by atoms with E-state index in [1.54, 1.807) is 4.72 Å². The normalized spacial score (nSPS) is 12.1. The van der Waals surface area contributed by atoms with Gasteiger partial charge in [-0.3, -0.25) is 4.72 Å². The number of methoxy groups -OCH3 is 1. The number of rotatable bonds is 5. The Morgan fingerprint density at radius 1 is 1.10 bits per heavy atom. The maximum Gasteiger partial charge on any atom is 0.419 e. The first-order valence-corrected chi connectivity index (χ1v) is 9.38. The Hall–Kier alpha value is -3.22. The van der Waals surface area contributed by atoms with Gasteiger partial charge in [0.05, 0.1) is 29.6 Å². The molecule has 1 aromatic carbocycles. The van der Waals surface area contributed by atoms with E-state index >= 15 is 0 Å². The van der Waals surface area contributed by atoms with Crippen LogP contribution in [0.1, 0.15) is 5.56 Å². The van der Waals surface area contributed by atoms with Gasteiger partial charge >= 0.3 is 6.18 Å². The van der Waals surface area contributed by atoms with Gasteiger partial charge in [-0.15, -0.1) is 0 Å². The van der Waals surface area contributed by atoms with Crippen molar-refractivity contribution >= 4 is 15.7 Å². The summed E-state index contributed by atoms with van der Waals surface area (Å²) in [5.41, 5.74) is -3.16. The molecule has 0 saturated heterocycles. The van der Waals surface area contributed by atoms with E-state index in [-0.39, 0.29) is 29.1 Å². The molecule has 13 heteroatoms. The Morgan fingerprint density at radius 2 is 1.80 bits per heavy atom. The van der Waals surface area contributed by atoms with Gasteiger partial charge in [0.25, 0.3) is 10.0 Å². The molecule has 0 spiro atoms. The Labute approximate surface area is 165 Å². The van der Waals surface area contributed by atoms with E-state index in [0.29, 0.717) is 0 Å². The van der Waals surface area contributed by atoms with Crippen molar-refractivity contribution in [1.82, 2.24) is 9.97 Å². The van der Waals surface area contributed by atoms with Crippen LogP contribution in [0, 0.1) is 17.6 Å². The number of ether oxygens (including phenoxy) is 1. The zero-order valence-electron chi connectivity index (χ0n) is 14.8. The second kappa shape index (κ2) is 7.55. The highest BCUT2D eigenvalue weighted by molar-refractivity contribution is 7.92. The van der Waals surface area contributed by atoms with E-state index in [9.17, 15) is 34.8 Å². The van der Waals surface area contributed by atoms with Crippen LogP contribution < -0.4 is 9.46 Å². The van der Waals surface area contributed by atoms with Gasteiger partial charge < -0.3 is 9.72 Å². The van der Waals surface area contributed by atoms with E-state index in [0.717, 1.165) is 18.5 Å². The lowest BCUT2D eigenvalue weighted by atomic mass is 10.2. The van der Waals surface area contributed by atoms with Crippen LogP contribution in [0.3, 0.4) is 0 Å². The number of nitrogens with zero attached hydrogens (tertiary/aromatic N) is 1. The molecule has 0 aliphatic carbocycles. The van der Waals surface area contributed by atoms with Gasteiger partial charge in [-0.25, -0.2) is 22.2 Å². The van der Waals surface area contributed by atoms with E-state index in [4.69, 9.17) is 4.74 Å². The average molecular weight is 451 g/mol. The summed E-state index contributed by atoms with van der Waals surface area (Å²) in [6.07, 6.45) is -3.12. The Morgan fingerprint density at radius 3 is 2.43 bits per heavy atom. The second-order valence-corrected chi connectivity index (χ2v) is 7.53. The number of pyridine rings is 1. The first-order valence-electron chi connectivity index (χ1n) is 7.90. The van der Waals surface area contributed by atoms with Gasteiger partial charge in [-0.2, -0.15) is 17.6 Å². The largest absolute Gasteiger partial charge is 0.496 e. The minimum atomic E-state index is -5.16. The molecule has 6 nitrogen and oxygen atoms in total. The maximum atomic E-state index is 14.0. The summed E-state index contributed by atoms with van der Waals surface area (Å²) < 4.78 is 111. The number of H-pyrrole nitrogens is 1. The molecule has 2 heterocycles. The van der Waals surface area contributed by atoms with Crippen LogP contribution in [0.15, 0.2) is 41.6 Å². The molecule has 160 valence electrons. The monoisotopic (exact) mass is 451 g/mol. The van der Waals surface area contributed by atoms with Gasteiger partial charge in [0.15, 0.2) is 0 Å². The predicted octanol–water partition coefficient (Wildman–Crippen LogP) is 4.32. The highest BCUT2D eigenvalue weighted by atomic mass is 32.2. The SMILES string of the molecule is COc1ccnc(F)c1-c1cc(S(=O)(=O)Nc2cc(F)c(C(F)(F)F)cc2F)c[nH]1. The van der Waals surface area contributed by atoms with Crippen LogP contribution in [-0.2, 0) is 16.2 Å². The molecule has 0 atom stereocenters. The molecule has 0 fully saturated rings. The molecule has 0 radical (unpaired) electrons. The molecule has 0 unspecified atom stereocenters. The summed E-state index contributed by atoms with van der Waals surface area (Å²) in [7, 11) is -3.32. The fraction of sp³-hybridized carbons (Fsp3) is 0.118. The summed E-state index contributed by atoms with van der Waals surface area (Å²) in [6.45, 7) is 0. The average Bonchev–Trinajstić information content (AvgIpc) is 3.13. The number of sulfonamides is 1. The maximum absolute atomic E-state index is 14.0. The third-order valence-corrected chi connectivity index (χ3v) is 5.27. The van der Waals surface area contributed by atoms with Crippen molar-refractivity contribution in [2.24, 2.45) is 0 Å². The predicted molar refractivity (Wildman–Crippen MR) is 92.7 cm³/mol. The van der Waals surface area contributed by atoms with E-state index in [2.05, 4.69) is 9.97 Å². The number of nitrogens with one attached hydrogen (secondary N) is 2. The highest BCUT2D eigenvalue weighted by Crippen LogP contribution is 2.35. The fourth-order valence-electron chi connectivity index (χ4n) is 2.55. The zero-order chi connectivity index (χ0) is 22.3. The van der Waals surface area contributed by atoms with Crippen LogP contribution in [0.25, 0.3) is 11.3 Å². The van der Waals surface area contributed by atoms with Crippen molar-refractivity contribution < 1.29 is 39.5 Å². The molecule has 30 heavy (non-hydrogen) atoms. The molecule has 0 saturated carbocycles. The van der Waals surface area contributed by atoms with Crippen LogP contribution in [-0.4, -0.2) is 25.5 Å². The second-order valence-electron chi connectivity index (χ2n) is 5.84. The van der Waals surface area contributed by atoms with Crippen molar-refractivity contribution in [2.45, 2.75) is 11.1 Å². The highest BCUT2D eigenvalue weighted by Gasteiger charge is 2.35. The third-order valence-electron chi connectivity index (χ3n) is 3.93. The molecular weight excluding hydrogens is 440 g/mol. The van der Waals surface area contributed by atoms with Crippen LogP contribution in [0.2, 0.25) is 0 Å². The number of benzene rings is 1. The minimum Gasteiger partial charge on any atom is -0.496 e. The van der Waals surface area contributed by atoms with E-state index < -0.39 is 49.9 Å². The molecule has 2 N–H and O–H groups in total. The van der Waals surface area contributed by atoms with E-state index in [1.807, 2.05) is 0 Å². The number of alkyl halides is 3. The lowest BCUT2D eigenvalue weighted by Gasteiger charge is -2.12. The molecule has 2 aromatic heterocycles. The smallest absolute Gasteiger partial charge is 0.419 e. The van der Waals surface area contributed by atoms with Crippen LogP contribution in [0.4, 0.5) is 32.0 Å². The van der Waals surface area contributed by atoms with Gasteiger partial charge in [0, 0.05) is 18.5 Å². The number of aromatic amines is 1. The topological polar surface area (TPSA) is 84.1 Å². The van der Waals surface area contributed by atoms with Crippen molar-refractivity contribution in [2.75, 3.05) is 11.8 Å². The number of hydrogen-bond acceptors (Lipinski definition) is 4. The quantitative estimate of drug-likeness (QED) is 0.447. The zero-order valence-corrected chi connectivity index (χ0v) is 15.6. The van der Waals surface area contributed by atoms with Gasteiger partial charge in [0.2, 0.25) is 5.95 Å². The molecule has 0 aliphatic heterocycles. The Bertz CT molecular complexity index is 1210. The van der Waals surface area contributed by atoms with Gasteiger partial charge in [0.1, 0.15) is 22.3 Å². The number of hydrogen-bond donors (Lipinski definition) is 2. The molecule has 0 bridgehead atoms. The van der Waals surface area contributed by atoms with Crippen molar-refractivity contribution in [3.63, 3.8) is 0 Å². The lowest BCUT2D eigenvalue weighted by molar-refractivity contribution is -0.140. The van der Waals surface area contributed by atoms with Crippen LogP contribution >= 0.6 is 0 Å². The number of halogens is 6. The van der Waals surface area contributed by atoms with Gasteiger partial charge in [-0.05, 0) is 18.2 Å². The van der Waals surface area contributed by atoms with Crippen LogP contribution in [0.5, 0.6) is 5.75 Å². The molecule has 3 rings (SSSR count). The third kappa shape index (κ3) is 4.06. The molecule has 0 amide bonds. The summed E-state index contributed by atoms with van der Waals surface area (Å²) in [5.74, 6) is -4.43. The van der Waals surface area contributed by atoms with Crippen molar-refractivity contribution in [1.29, 1.82) is 0 Å². The Kier molecular flexibility index (Phi) is 5.41. The van der Waals surface area contributed by atoms with Gasteiger partial charge in [-0.1, -0.05) is 0 Å². The summed E-state index contributed by atoms with van der Waals surface area (Å²) in [4.78, 5) is 5.40. The lowest BCUT2D eigenvalue weighted by Crippen LogP contribution is -2.15. The van der Waals surface area contributed by atoms with Crippen molar-refractivity contribution in [3.8, 4) is 17.0 Å². The van der Waals surface area contributed by atoms with Crippen molar-refractivity contribution in [3.05, 3.63) is 59.8 Å². The number of anilines is 1. The minimum absolute atomic E-state index is 0.0390. The summed E-state index contributed by atoms with van der Waals surface area (Å²) in [5, 5.41) is 0. The fourth-order valence-corrected chi connectivity index (χ4v) is 3.60. The molecule has 0 aliphatic rings. The number of aromatic nitrogens is 2. The Balaban J connectivity index is 1.97. The summed E-state index contributed by atoms with van der Waals surface area (Å²) >= 11 is 0. The van der Waals surface area contributed by atoms with E-state index in [1.165, 1.54) is 13.2 Å². The standard InChI is InChI=1S/C17H11F6N3O3S/c1-29-14-2-3-24-16(20)15(14)13-4-8(7-25-13)30(27,28)26-12-6-10(18)9(5-11(12)19)17(21,22)23/h2-7,25-26H,1H3. The summed E-state index contributed by atoms with van der Waals surface area (Å²) in [6, 6.07) is 2.20. The molecular formula is C17H11F6N3O3S. The molecule has 3 aromatic rings. The first kappa shape index (κ1) is 21.5.